The van der Waals surface area contributed by atoms with Gasteiger partial charge in [-0.05, 0) is 31.4 Å². The summed E-state index contributed by atoms with van der Waals surface area (Å²) in [5.74, 6) is 0.665. The van der Waals surface area contributed by atoms with Crippen LogP contribution in [0.25, 0.3) is 0 Å². The van der Waals surface area contributed by atoms with Gasteiger partial charge in [0.15, 0.2) is 0 Å². The van der Waals surface area contributed by atoms with E-state index in [-0.39, 0.29) is 5.91 Å². The van der Waals surface area contributed by atoms with Crippen molar-refractivity contribution >= 4 is 11.7 Å². The first kappa shape index (κ1) is 15.8. The number of nitrogens with zero attached hydrogens (tertiary/aromatic N) is 1. The summed E-state index contributed by atoms with van der Waals surface area (Å²) in [6.07, 6.45) is 7.92. The molecule has 0 spiro atoms. The molecule has 0 bridgehead atoms. The Kier molecular flexibility index (Phi) is 6.47. The number of hydrogen-bond donors (Lipinski definition) is 2. The van der Waals surface area contributed by atoms with Gasteiger partial charge < -0.3 is 15.4 Å². The van der Waals surface area contributed by atoms with Crippen LogP contribution in [-0.4, -0.2) is 36.7 Å². The average Bonchev–Trinajstić information content (AvgIpc) is 3.03. The van der Waals surface area contributed by atoms with Gasteiger partial charge >= 0.3 is 0 Å². The Labute approximate surface area is 126 Å². The molecule has 0 radical (unpaired) electrons. The van der Waals surface area contributed by atoms with E-state index in [0.717, 1.165) is 31.6 Å². The molecule has 0 aromatic carbocycles. The van der Waals surface area contributed by atoms with Gasteiger partial charge in [0.2, 0.25) is 0 Å². The fourth-order valence-electron chi connectivity index (χ4n) is 2.47. The van der Waals surface area contributed by atoms with E-state index in [1.807, 2.05) is 0 Å². The van der Waals surface area contributed by atoms with Gasteiger partial charge in [-0.1, -0.05) is 19.8 Å². The number of rotatable bonds is 8. The summed E-state index contributed by atoms with van der Waals surface area (Å²) in [7, 11) is 0. The molecule has 0 atom stereocenters. The third-order valence-corrected chi connectivity index (χ3v) is 3.62. The van der Waals surface area contributed by atoms with E-state index in [1.54, 1.807) is 18.3 Å². The van der Waals surface area contributed by atoms with Crippen LogP contribution in [0.15, 0.2) is 18.3 Å². The lowest BCUT2D eigenvalue weighted by molar-refractivity contribution is 0.0582. The Morgan fingerprint density at radius 3 is 2.95 bits per heavy atom. The second-order valence-corrected chi connectivity index (χ2v) is 5.39. The van der Waals surface area contributed by atoms with Crippen LogP contribution in [0.1, 0.15) is 49.4 Å². The topological polar surface area (TPSA) is 63.2 Å². The number of pyridine rings is 1. The van der Waals surface area contributed by atoms with Gasteiger partial charge in [0.1, 0.15) is 5.82 Å². The van der Waals surface area contributed by atoms with Gasteiger partial charge in [0.25, 0.3) is 5.91 Å². The number of aromatic nitrogens is 1. The maximum absolute atomic E-state index is 12.0. The van der Waals surface area contributed by atoms with Gasteiger partial charge in [-0.15, -0.1) is 0 Å². The third kappa shape index (κ3) is 5.34. The summed E-state index contributed by atoms with van der Waals surface area (Å²) in [6.45, 7) is 4.08. The van der Waals surface area contributed by atoms with Crippen LogP contribution >= 0.6 is 0 Å². The van der Waals surface area contributed by atoms with Gasteiger partial charge in [0, 0.05) is 24.8 Å². The maximum Gasteiger partial charge on any atom is 0.251 e. The highest BCUT2D eigenvalue weighted by Crippen LogP contribution is 2.20. The van der Waals surface area contributed by atoms with Crippen molar-refractivity contribution in [3.05, 3.63) is 23.9 Å². The van der Waals surface area contributed by atoms with Crippen LogP contribution in [0.3, 0.4) is 0 Å². The summed E-state index contributed by atoms with van der Waals surface area (Å²) in [5, 5.41) is 6.06. The van der Waals surface area contributed by atoms with Crippen molar-refractivity contribution in [2.45, 2.75) is 45.1 Å². The molecule has 116 valence electrons. The van der Waals surface area contributed by atoms with Crippen molar-refractivity contribution in [1.82, 2.24) is 10.3 Å². The predicted octanol–water partition coefficient (Wildman–Crippen LogP) is 2.59. The van der Waals surface area contributed by atoms with Crippen LogP contribution in [0.5, 0.6) is 0 Å². The van der Waals surface area contributed by atoms with Crippen molar-refractivity contribution in [1.29, 1.82) is 0 Å². The van der Waals surface area contributed by atoms with E-state index in [1.165, 1.54) is 12.8 Å². The molecule has 5 heteroatoms. The fourth-order valence-corrected chi connectivity index (χ4v) is 2.47. The Balaban J connectivity index is 1.71. The van der Waals surface area contributed by atoms with E-state index >= 15 is 0 Å². The number of hydrogen-bond acceptors (Lipinski definition) is 4. The smallest absolute Gasteiger partial charge is 0.251 e. The fraction of sp³-hybridized carbons (Fsp3) is 0.625. The molecule has 1 heterocycles. The SMILES string of the molecule is CCCNc1cc(C(=O)NCCOC2CCCC2)ccn1. The number of carbonyl (C=O) groups excluding carboxylic acids is 1. The van der Waals surface area contributed by atoms with Gasteiger partial charge in [-0.25, -0.2) is 4.98 Å². The van der Waals surface area contributed by atoms with Crippen molar-refractivity contribution in [3.63, 3.8) is 0 Å². The first-order chi connectivity index (χ1) is 10.3. The zero-order valence-corrected chi connectivity index (χ0v) is 12.7. The number of ether oxygens (including phenoxy) is 1. The molecule has 1 fully saturated rings. The molecule has 0 saturated heterocycles. The van der Waals surface area contributed by atoms with Crippen molar-refractivity contribution in [2.75, 3.05) is 25.0 Å². The van der Waals surface area contributed by atoms with E-state index in [9.17, 15) is 4.79 Å². The molecule has 1 aromatic heterocycles. The Morgan fingerprint density at radius 1 is 1.38 bits per heavy atom. The molecule has 1 aliphatic carbocycles. The van der Waals surface area contributed by atoms with Crippen LogP contribution < -0.4 is 10.6 Å². The summed E-state index contributed by atoms with van der Waals surface area (Å²) >= 11 is 0. The molecule has 1 aliphatic rings. The van der Waals surface area contributed by atoms with Gasteiger partial charge in [-0.3, -0.25) is 4.79 Å². The molecule has 21 heavy (non-hydrogen) atoms. The lowest BCUT2D eigenvalue weighted by Gasteiger charge is -2.11. The van der Waals surface area contributed by atoms with Gasteiger partial charge in [-0.2, -0.15) is 0 Å². The van der Waals surface area contributed by atoms with E-state index in [4.69, 9.17) is 4.74 Å². The summed E-state index contributed by atoms with van der Waals surface area (Å²) in [4.78, 5) is 16.2. The first-order valence-electron chi connectivity index (χ1n) is 7.89. The normalized spacial score (nSPS) is 15.1. The summed E-state index contributed by atoms with van der Waals surface area (Å²) in [5.41, 5.74) is 0.629. The highest BCUT2D eigenvalue weighted by Gasteiger charge is 2.15. The molecule has 0 unspecified atom stereocenters. The quantitative estimate of drug-likeness (QED) is 0.723. The molecule has 1 amide bonds. The molecule has 0 aliphatic heterocycles. The van der Waals surface area contributed by atoms with Crippen LogP contribution in [0.4, 0.5) is 5.82 Å². The standard InChI is InChI=1S/C16H25N3O2/c1-2-8-17-15-12-13(7-9-18-15)16(20)19-10-11-21-14-5-3-4-6-14/h7,9,12,14H,2-6,8,10-11H2,1H3,(H,17,18)(H,19,20). The Morgan fingerprint density at radius 2 is 2.19 bits per heavy atom. The van der Waals surface area contributed by atoms with Crippen LogP contribution in [-0.2, 0) is 4.74 Å². The second kappa shape index (κ2) is 8.62. The number of anilines is 1. The minimum atomic E-state index is -0.0769. The minimum absolute atomic E-state index is 0.0769. The summed E-state index contributed by atoms with van der Waals surface area (Å²) in [6, 6.07) is 3.51. The third-order valence-electron chi connectivity index (χ3n) is 3.62. The highest BCUT2D eigenvalue weighted by atomic mass is 16.5. The summed E-state index contributed by atoms with van der Waals surface area (Å²) < 4.78 is 5.73. The molecule has 2 N–H and O–H groups in total. The monoisotopic (exact) mass is 291 g/mol. The largest absolute Gasteiger partial charge is 0.376 e. The number of nitrogens with one attached hydrogen (secondary N) is 2. The van der Waals surface area contributed by atoms with Crippen molar-refractivity contribution in [3.8, 4) is 0 Å². The van der Waals surface area contributed by atoms with E-state index in [2.05, 4.69) is 22.5 Å². The average molecular weight is 291 g/mol. The predicted molar refractivity (Wildman–Crippen MR) is 83.6 cm³/mol. The lowest BCUT2D eigenvalue weighted by atomic mass is 10.2. The number of carbonyl (C=O) groups is 1. The zero-order valence-electron chi connectivity index (χ0n) is 12.7. The number of amides is 1. The molecule has 1 aromatic rings. The van der Waals surface area contributed by atoms with Crippen molar-refractivity contribution < 1.29 is 9.53 Å². The molecule has 5 nitrogen and oxygen atoms in total. The molecular weight excluding hydrogens is 266 g/mol. The lowest BCUT2D eigenvalue weighted by Crippen LogP contribution is -2.28. The first-order valence-corrected chi connectivity index (χ1v) is 7.89. The van der Waals surface area contributed by atoms with Crippen molar-refractivity contribution in [2.24, 2.45) is 0 Å². The van der Waals surface area contributed by atoms with Crippen LogP contribution in [0.2, 0.25) is 0 Å². The highest BCUT2D eigenvalue weighted by molar-refractivity contribution is 5.94. The molecule has 2 rings (SSSR count). The van der Waals surface area contributed by atoms with E-state index in [0.29, 0.717) is 24.8 Å². The molecular formula is C16H25N3O2. The van der Waals surface area contributed by atoms with Gasteiger partial charge in [0.05, 0.1) is 12.7 Å². The van der Waals surface area contributed by atoms with E-state index < -0.39 is 0 Å². The molecule has 1 saturated carbocycles. The maximum atomic E-state index is 12.0. The second-order valence-electron chi connectivity index (χ2n) is 5.39. The Hall–Kier alpha value is -1.62. The van der Waals surface area contributed by atoms with Crippen LogP contribution in [0, 0.1) is 0 Å². The zero-order chi connectivity index (χ0) is 14.9. The minimum Gasteiger partial charge on any atom is -0.376 e. The Bertz CT molecular complexity index is 445.